The zero-order valence-corrected chi connectivity index (χ0v) is 15.8. The number of hydrogen-bond donors (Lipinski definition) is 2. The minimum Gasteiger partial charge on any atom is -0.369 e. The first-order valence-corrected chi connectivity index (χ1v) is 9.79. The second-order valence-electron chi connectivity index (χ2n) is 7.26. The van der Waals surface area contributed by atoms with Crippen LogP contribution < -0.4 is 15.8 Å². The topological polar surface area (TPSA) is 83.0 Å². The molecular formula is C19H23ClN6O. The first-order valence-electron chi connectivity index (χ1n) is 9.41. The summed E-state index contributed by atoms with van der Waals surface area (Å²) in [6.45, 7) is 1.77. The predicted molar refractivity (Wildman–Crippen MR) is 105 cm³/mol. The Hall–Kier alpha value is -2.41. The van der Waals surface area contributed by atoms with Crippen LogP contribution in [0.1, 0.15) is 43.6 Å². The highest BCUT2D eigenvalue weighted by Crippen LogP contribution is 2.35. The van der Waals surface area contributed by atoms with Gasteiger partial charge in [-0.3, -0.25) is 20.6 Å². The predicted octanol–water partition coefficient (Wildman–Crippen LogP) is 3.15. The molecule has 2 N–H and O–H groups in total. The molecule has 0 atom stereocenters. The van der Waals surface area contributed by atoms with Gasteiger partial charge in [-0.25, -0.2) is 0 Å². The Labute approximate surface area is 163 Å². The number of hydrazine groups is 1. The van der Waals surface area contributed by atoms with Gasteiger partial charge in [0.1, 0.15) is 5.02 Å². The van der Waals surface area contributed by atoms with Crippen molar-refractivity contribution in [2.24, 2.45) is 5.92 Å². The second-order valence-corrected chi connectivity index (χ2v) is 7.64. The molecule has 3 heterocycles. The number of carbonyl (C=O) groups is 1. The van der Waals surface area contributed by atoms with Gasteiger partial charge in [-0.1, -0.05) is 17.7 Å². The molecule has 0 aromatic carbocycles. The standard InChI is InChI=1S/C19H23ClN6O/c20-18-16(12-22-24-19(18)25-23-17(27)10-13-3-4-13)26-8-5-14(6-9-26)15-2-1-7-21-11-15/h1-2,7,11-14H,3-6,8-10H2,(H,23,27)(H,24,25). The fraction of sp³-hybridized carbons (Fsp3) is 0.474. The van der Waals surface area contributed by atoms with Crippen LogP contribution in [0.5, 0.6) is 0 Å². The van der Waals surface area contributed by atoms with Crippen LogP contribution in [0, 0.1) is 5.92 Å². The number of hydrogen-bond acceptors (Lipinski definition) is 6. The van der Waals surface area contributed by atoms with Gasteiger partial charge in [0.05, 0.1) is 11.9 Å². The Kier molecular flexibility index (Phi) is 5.38. The number of nitrogens with zero attached hydrogens (tertiary/aromatic N) is 4. The molecule has 1 aliphatic carbocycles. The van der Waals surface area contributed by atoms with Gasteiger partial charge < -0.3 is 4.90 Å². The smallest absolute Gasteiger partial charge is 0.238 e. The highest BCUT2D eigenvalue weighted by Gasteiger charge is 2.25. The third kappa shape index (κ3) is 4.47. The quantitative estimate of drug-likeness (QED) is 0.742. The van der Waals surface area contributed by atoms with Crippen LogP contribution in [0.4, 0.5) is 11.5 Å². The third-order valence-corrected chi connectivity index (χ3v) is 5.63. The van der Waals surface area contributed by atoms with Crippen molar-refractivity contribution in [3.8, 4) is 0 Å². The number of aromatic nitrogens is 3. The van der Waals surface area contributed by atoms with Crippen LogP contribution in [-0.2, 0) is 4.79 Å². The van der Waals surface area contributed by atoms with Crippen molar-refractivity contribution in [1.82, 2.24) is 20.6 Å². The average molecular weight is 387 g/mol. The minimum atomic E-state index is -0.0435. The Balaban J connectivity index is 1.37. The van der Waals surface area contributed by atoms with E-state index in [2.05, 4.69) is 37.0 Å². The van der Waals surface area contributed by atoms with E-state index in [9.17, 15) is 4.79 Å². The van der Waals surface area contributed by atoms with E-state index in [-0.39, 0.29) is 5.91 Å². The molecule has 1 aliphatic heterocycles. The van der Waals surface area contributed by atoms with E-state index in [1.165, 1.54) is 5.56 Å². The van der Waals surface area contributed by atoms with Crippen LogP contribution in [0.3, 0.4) is 0 Å². The van der Waals surface area contributed by atoms with Gasteiger partial charge in [0.25, 0.3) is 0 Å². The molecule has 0 bridgehead atoms. The van der Waals surface area contributed by atoms with Crippen molar-refractivity contribution in [1.29, 1.82) is 0 Å². The van der Waals surface area contributed by atoms with Gasteiger partial charge in [0.15, 0.2) is 5.82 Å². The maximum Gasteiger partial charge on any atom is 0.238 e. The molecule has 4 rings (SSSR count). The van der Waals surface area contributed by atoms with Crippen molar-refractivity contribution < 1.29 is 4.79 Å². The molecule has 0 spiro atoms. The van der Waals surface area contributed by atoms with Crippen LogP contribution in [0.25, 0.3) is 0 Å². The number of halogens is 1. The monoisotopic (exact) mass is 386 g/mol. The van der Waals surface area contributed by atoms with E-state index in [0.717, 1.165) is 44.5 Å². The van der Waals surface area contributed by atoms with Crippen molar-refractivity contribution >= 4 is 29.0 Å². The molecule has 8 heteroatoms. The first-order chi connectivity index (χ1) is 13.2. The van der Waals surface area contributed by atoms with Crippen LogP contribution >= 0.6 is 11.6 Å². The zero-order valence-electron chi connectivity index (χ0n) is 15.1. The third-order valence-electron chi connectivity index (χ3n) is 5.25. The molecule has 27 heavy (non-hydrogen) atoms. The molecule has 2 aliphatic rings. The Morgan fingerprint density at radius 3 is 2.74 bits per heavy atom. The van der Waals surface area contributed by atoms with Gasteiger partial charge in [-0.05, 0) is 49.1 Å². The SMILES string of the molecule is O=C(CC1CC1)NNc1nncc(N2CCC(c3cccnc3)CC2)c1Cl. The number of pyridine rings is 1. The first kappa shape index (κ1) is 18.0. The maximum absolute atomic E-state index is 11.9. The van der Waals surface area contributed by atoms with E-state index >= 15 is 0 Å². The average Bonchev–Trinajstić information content (AvgIpc) is 3.52. The lowest BCUT2D eigenvalue weighted by molar-refractivity contribution is -0.120. The van der Waals surface area contributed by atoms with Crippen LogP contribution in [0.15, 0.2) is 30.7 Å². The number of rotatable bonds is 6. The van der Waals surface area contributed by atoms with Crippen molar-refractivity contribution in [3.63, 3.8) is 0 Å². The number of nitrogens with one attached hydrogen (secondary N) is 2. The second kappa shape index (κ2) is 8.08. The summed E-state index contributed by atoms with van der Waals surface area (Å²) in [7, 11) is 0. The lowest BCUT2D eigenvalue weighted by atomic mass is 9.90. The molecule has 1 saturated heterocycles. The fourth-order valence-electron chi connectivity index (χ4n) is 3.50. The molecule has 2 aromatic rings. The van der Waals surface area contributed by atoms with Crippen molar-refractivity contribution in [3.05, 3.63) is 41.3 Å². The van der Waals surface area contributed by atoms with E-state index in [1.807, 2.05) is 12.3 Å². The highest BCUT2D eigenvalue weighted by molar-refractivity contribution is 6.35. The van der Waals surface area contributed by atoms with Crippen LogP contribution in [-0.4, -0.2) is 34.2 Å². The molecule has 2 aromatic heterocycles. The molecule has 2 fully saturated rings. The van der Waals surface area contributed by atoms with Gasteiger partial charge in [0, 0.05) is 31.9 Å². The number of anilines is 2. The van der Waals surface area contributed by atoms with Gasteiger partial charge in [-0.2, -0.15) is 5.10 Å². The molecule has 1 saturated carbocycles. The molecule has 7 nitrogen and oxygen atoms in total. The summed E-state index contributed by atoms with van der Waals surface area (Å²) in [6, 6.07) is 4.13. The molecule has 142 valence electrons. The zero-order chi connectivity index (χ0) is 18.6. The summed E-state index contributed by atoms with van der Waals surface area (Å²) in [5.74, 6) is 1.38. The van der Waals surface area contributed by atoms with E-state index in [1.54, 1.807) is 12.4 Å². The Morgan fingerprint density at radius 1 is 1.22 bits per heavy atom. The van der Waals surface area contributed by atoms with Crippen molar-refractivity contribution in [2.45, 2.75) is 38.0 Å². The molecule has 0 unspecified atom stereocenters. The summed E-state index contributed by atoms with van der Waals surface area (Å²) < 4.78 is 0. The normalized spacial score (nSPS) is 17.6. The summed E-state index contributed by atoms with van der Waals surface area (Å²) in [6.07, 6.45) is 10.3. The maximum atomic E-state index is 11.9. The Bertz CT molecular complexity index is 790. The van der Waals surface area contributed by atoms with Gasteiger partial charge in [0.2, 0.25) is 5.91 Å². The lowest BCUT2D eigenvalue weighted by Gasteiger charge is -2.34. The molecular weight excluding hydrogens is 364 g/mol. The summed E-state index contributed by atoms with van der Waals surface area (Å²) >= 11 is 6.53. The fourth-order valence-corrected chi connectivity index (χ4v) is 3.75. The van der Waals surface area contributed by atoms with E-state index in [4.69, 9.17) is 11.6 Å². The highest BCUT2D eigenvalue weighted by atomic mass is 35.5. The number of carbonyl (C=O) groups excluding carboxylic acids is 1. The summed E-state index contributed by atoms with van der Waals surface area (Å²) in [4.78, 5) is 18.3. The summed E-state index contributed by atoms with van der Waals surface area (Å²) in [5.41, 5.74) is 7.62. The van der Waals surface area contributed by atoms with E-state index < -0.39 is 0 Å². The van der Waals surface area contributed by atoms with Crippen molar-refractivity contribution in [2.75, 3.05) is 23.4 Å². The number of piperidine rings is 1. The molecule has 0 radical (unpaired) electrons. The lowest BCUT2D eigenvalue weighted by Crippen LogP contribution is -2.34. The summed E-state index contributed by atoms with van der Waals surface area (Å²) in [5, 5.41) is 8.55. The van der Waals surface area contributed by atoms with Gasteiger partial charge in [-0.15, -0.1) is 5.10 Å². The Morgan fingerprint density at radius 2 is 2.04 bits per heavy atom. The number of amides is 1. The van der Waals surface area contributed by atoms with E-state index in [0.29, 0.717) is 29.1 Å². The minimum absolute atomic E-state index is 0.0435. The van der Waals surface area contributed by atoms with Gasteiger partial charge >= 0.3 is 0 Å². The largest absolute Gasteiger partial charge is 0.369 e. The van der Waals surface area contributed by atoms with Crippen LogP contribution in [0.2, 0.25) is 5.02 Å². The molecule has 1 amide bonds.